The molecule has 4 rings (SSSR count). The number of carbonyl (C=O) groups excluding carboxylic acids is 2. The summed E-state index contributed by atoms with van der Waals surface area (Å²) in [7, 11) is 0. The van der Waals surface area contributed by atoms with E-state index in [9.17, 15) is 14.0 Å². The van der Waals surface area contributed by atoms with Crippen molar-refractivity contribution in [3.8, 4) is 0 Å². The zero-order valence-corrected chi connectivity index (χ0v) is 12.9. The predicted molar refractivity (Wildman–Crippen MR) is 84.6 cm³/mol. The Hall–Kier alpha value is -2.43. The summed E-state index contributed by atoms with van der Waals surface area (Å²) < 4.78 is 13.5. The molecule has 2 aliphatic rings. The van der Waals surface area contributed by atoms with Crippen LogP contribution in [-0.4, -0.2) is 23.2 Å². The minimum Gasteiger partial charge on any atom is -0.354 e. The van der Waals surface area contributed by atoms with E-state index in [0.29, 0.717) is 29.9 Å². The van der Waals surface area contributed by atoms with Crippen LogP contribution in [0, 0.1) is 12.7 Å². The first-order chi connectivity index (χ1) is 11.1. The van der Waals surface area contributed by atoms with Gasteiger partial charge in [-0.25, -0.2) is 4.39 Å². The third-order valence-corrected chi connectivity index (χ3v) is 4.84. The van der Waals surface area contributed by atoms with Crippen LogP contribution in [0.3, 0.4) is 0 Å². The van der Waals surface area contributed by atoms with Crippen LogP contribution in [0.1, 0.15) is 50.5 Å². The second-order valence-corrected chi connectivity index (χ2v) is 6.24. The van der Waals surface area contributed by atoms with E-state index in [1.165, 1.54) is 12.1 Å². The number of Topliss-reactive ketones (excluding diaryl/α,β-unsaturated/α-hetero) is 1. The summed E-state index contributed by atoms with van der Waals surface area (Å²) in [6.45, 7) is 2.35. The van der Waals surface area contributed by atoms with Gasteiger partial charge in [0.1, 0.15) is 11.5 Å². The van der Waals surface area contributed by atoms with Crippen LogP contribution in [0.5, 0.6) is 0 Å². The SMILES string of the molecule is Cc1c(C(=O)N2CCc3ccc(F)cc32)[nH]c2c1C(=O)CCC2. The standard InChI is InChI=1S/C18H17FN2O2/c1-10-16-13(3-2-4-15(16)22)20-17(10)18(23)21-8-7-11-5-6-12(19)9-14(11)21/h5-6,9,20H,2-4,7-8H2,1H3. The van der Waals surface area contributed by atoms with Crippen LogP contribution >= 0.6 is 0 Å². The number of hydrogen-bond donors (Lipinski definition) is 1. The van der Waals surface area contributed by atoms with Gasteiger partial charge in [0, 0.05) is 24.2 Å². The van der Waals surface area contributed by atoms with Gasteiger partial charge in [0.2, 0.25) is 0 Å². The summed E-state index contributed by atoms with van der Waals surface area (Å²) in [6, 6.07) is 4.56. The lowest BCUT2D eigenvalue weighted by molar-refractivity contribution is 0.0970. The number of aromatic nitrogens is 1. The summed E-state index contributed by atoms with van der Waals surface area (Å²) in [5.41, 5.74) is 4.33. The minimum absolute atomic E-state index is 0.104. The molecule has 1 N–H and O–H groups in total. The molecule has 0 bridgehead atoms. The molecular formula is C18H17FN2O2. The number of rotatable bonds is 1. The second kappa shape index (κ2) is 5.05. The van der Waals surface area contributed by atoms with E-state index in [0.717, 1.165) is 36.1 Å². The first kappa shape index (κ1) is 14.2. The van der Waals surface area contributed by atoms with Gasteiger partial charge in [-0.2, -0.15) is 0 Å². The fourth-order valence-electron chi connectivity index (χ4n) is 3.69. The van der Waals surface area contributed by atoms with Crippen molar-refractivity contribution in [1.29, 1.82) is 0 Å². The van der Waals surface area contributed by atoms with Crippen LogP contribution in [-0.2, 0) is 12.8 Å². The Balaban J connectivity index is 1.75. The molecule has 1 aromatic heterocycles. The Kier molecular flexibility index (Phi) is 3.11. The molecule has 0 atom stereocenters. The molecule has 0 unspecified atom stereocenters. The fraction of sp³-hybridized carbons (Fsp3) is 0.333. The molecule has 0 saturated heterocycles. The molecule has 118 valence electrons. The van der Waals surface area contributed by atoms with Gasteiger partial charge < -0.3 is 9.88 Å². The molecule has 1 amide bonds. The van der Waals surface area contributed by atoms with E-state index in [-0.39, 0.29) is 17.5 Å². The van der Waals surface area contributed by atoms with Gasteiger partial charge in [-0.05, 0) is 49.4 Å². The number of anilines is 1. The smallest absolute Gasteiger partial charge is 0.275 e. The minimum atomic E-state index is -0.346. The van der Waals surface area contributed by atoms with Crippen molar-refractivity contribution in [2.45, 2.75) is 32.6 Å². The highest BCUT2D eigenvalue weighted by molar-refractivity contribution is 6.10. The predicted octanol–water partition coefficient (Wildman–Crippen LogP) is 3.18. The largest absolute Gasteiger partial charge is 0.354 e. The number of halogens is 1. The monoisotopic (exact) mass is 312 g/mol. The fourth-order valence-corrected chi connectivity index (χ4v) is 3.69. The Labute approximate surface area is 133 Å². The number of ketones is 1. The number of fused-ring (bicyclic) bond motifs is 2. The van der Waals surface area contributed by atoms with E-state index in [2.05, 4.69) is 4.98 Å². The van der Waals surface area contributed by atoms with Crippen molar-refractivity contribution in [2.24, 2.45) is 0 Å². The molecule has 1 aromatic carbocycles. The third kappa shape index (κ3) is 2.11. The molecule has 0 fully saturated rings. The van der Waals surface area contributed by atoms with E-state index >= 15 is 0 Å². The topological polar surface area (TPSA) is 53.2 Å². The van der Waals surface area contributed by atoms with Crippen LogP contribution < -0.4 is 4.90 Å². The molecule has 1 aliphatic carbocycles. The van der Waals surface area contributed by atoms with Gasteiger partial charge in [0.05, 0.1) is 5.69 Å². The Bertz CT molecular complexity index is 838. The van der Waals surface area contributed by atoms with E-state index in [1.54, 1.807) is 11.0 Å². The molecular weight excluding hydrogens is 295 g/mol. The number of hydrogen-bond acceptors (Lipinski definition) is 2. The average molecular weight is 312 g/mol. The van der Waals surface area contributed by atoms with Crippen LogP contribution in [0.2, 0.25) is 0 Å². The highest BCUT2D eigenvalue weighted by Crippen LogP contribution is 2.32. The zero-order chi connectivity index (χ0) is 16.1. The summed E-state index contributed by atoms with van der Waals surface area (Å²) in [5.74, 6) is -0.429. The molecule has 4 nitrogen and oxygen atoms in total. The van der Waals surface area contributed by atoms with Gasteiger partial charge in [-0.3, -0.25) is 9.59 Å². The van der Waals surface area contributed by atoms with Crippen molar-refractivity contribution < 1.29 is 14.0 Å². The number of nitrogens with zero attached hydrogens (tertiary/aromatic N) is 1. The van der Waals surface area contributed by atoms with Crippen molar-refractivity contribution in [1.82, 2.24) is 4.98 Å². The molecule has 23 heavy (non-hydrogen) atoms. The first-order valence-electron chi connectivity index (χ1n) is 7.91. The first-order valence-corrected chi connectivity index (χ1v) is 7.91. The lowest BCUT2D eigenvalue weighted by Gasteiger charge is -2.17. The molecule has 0 spiro atoms. The van der Waals surface area contributed by atoms with Crippen molar-refractivity contribution in [2.75, 3.05) is 11.4 Å². The highest BCUT2D eigenvalue weighted by Gasteiger charge is 2.31. The van der Waals surface area contributed by atoms with Gasteiger partial charge in [-0.1, -0.05) is 6.07 Å². The van der Waals surface area contributed by atoms with Crippen molar-refractivity contribution in [3.63, 3.8) is 0 Å². The van der Waals surface area contributed by atoms with Gasteiger partial charge in [0.15, 0.2) is 5.78 Å². The quantitative estimate of drug-likeness (QED) is 0.879. The molecule has 0 saturated carbocycles. The maximum absolute atomic E-state index is 13.5. The number of benzene rings is 1. The second-order valence-electron chi connectivity index (χ2n) is 6.24. The van der Waals surface area contributed by atoms with E-state index < -0.39 is 0 Å². The number of carbonyl (C=O) groups is 2. The molecule has 0 radical (unpaired) electrons. The number of H-pyrrole nitrogens is 1. The maximum atomic E-state index is 13.5. The average Bonchev–Trinajstić information content (AvgIpc) is 3.08. The maximum Gasteiger partial charge on any atom is 0.275 e. The molecule has 1 aliphatic heterocycles. The number of aryl methyl sites for hydroxylation is 1. The summed E-state index contributed by atoms with van der Waals surface area (Å²) in [6.07, 6.45) is 2.87. The Morgan fingerprint density at radius 2 is 2.09 bits per heavy atom. The number of nitrogens with one attached hydrogen (secondary N) is 1. The summed E-state index contributed by atoms with van der Waals surface area (Å²) in [4.78, 5) is 29.8. The number of amides is 1. The summed E-state index contributed by atoms with van der Waals surface area (Å²) in [5, 5.41) is 0. The van der Waals surface area contributed by atoms with Crippen LogP contribution in [0.4, 0.5) is 10.1 Å². The molecule has 5 heteroatoms. The normalized spacial score (nSPS) is 16.4. The zero-order valence-electron chi connectivity index (χ0n) is 12.9. The van der Waals surface area contributed by atoms with Gasteiger partial charge >= 0.3 is 0 Å². The van der Waals surface area contributed by atoms with E-state index in [4.69, 9.17) is 0 Å². The lowest BCUT2D eigenvalue weighted by Crippen LogP contribution is -2.29. The third-order valence-electron chi connectivity index (χ3n) is 4.84. The van der Waals surface area contributed by atoms with Crippen molar-refractivity contribution >= 4 is 17.4 Å². The highest BCUT2D eigenvalue weighted by atomic mass is 19.1. The Morgan fingerprint density at radius 1 is 1.26 bits per heavy atom. The Morgan fingerprint density at radius 3 is 2.87 bits per heavy atom. The summed E-state index contributed by atoms with van der Waals surface area (Å²) >= 11 is 0. The van der Waals surface area contributed by atoms with Gasteiger partial charge in [-0.15, -0.1) is 0 Å². The molecule has 2 aromatic rings. The van der Waals surface area contributed by atoms with Crippen LogP contribution in [0.25, 0.3) is 0 Å². The van der Waals surface area contributed by atoms with Gasteiger partial charge in [0.25, 0.3) is 5.91 Å². The lowest BCUT2D eigenvalue weighted by atomic mass is 9.94. The number of aromatic amines is 1. The van der Waals surface area contributed by atoms with Crippen LogP contribution in [0.15, 0.2) is 18.2 Å². The van der Waals surface area contributed by atoms with E-state index in [1.807, 2.05) is 6.92 Å². The molecule has 2 heterocycles. The van der Waals surface area contributed by atoms with Crippen molar-refractivity contribution in [3.05, 3.63) is 52.1 Å².